The first kappa shape index (κ1) is 17.8. The van der Waals surface area contributed by atoms with Crippen molar-refractivity contribution in [3.8, 4) is 17.2 Å². The number of ether oxygens (including phenoxy) is 1. The molecular formula is C21H23N3O2S. The van der Waals surface area contributed by atoms with Gasteiger partial charge >= 0.3 is 0 Å². The predicted molar refractivity (Wildman–Crippen MR) is 108 cm³/mol. The summed E-state index contributed by atoms with van der Waals surface area (Å²) in [5.41, 5.74) is 1.89. The van der Waals surface area contributed by atoms with Crippen LogP contribution in [0.2, 0.25) is 0 Å². The van der Waals surface area contributed by atoms with E-state index in [9.17, 15) is 0 Å². The molecule has 0 atom stereocenters. The highest BCUT2D eigenvalue weighted by molar-refractivity contribution is 7.07. The van der Waals surface area contributed by atoms with E-state index in [-0.39, 0.29) is 0 Å². The monoisotopic (exact) mass is 381 g/mol. The molecule has 1 saturated carbocycles. The van der Waals surface area contributed by atoms with Gasteiger partial charge in [-0.05, 0) is 42.7 Å². The van der Waals surface area contributed by atoms with Crippen LogP contribution in [0.1, 0.15) is 37.7 Å². The summed E-state index contributed by atoms with van der Waals surface area (Å²) in [5, 5.41) is 6.78. The number of thiazole rings is 1. The zero-order valence-electron chi connectivity index (χ0n) is 15.4. The molecule has 0 bridgehead atoms. The smallest absolute Gasteiger partial charge is 0.206 e. The largest absolute Gasteiger partial charge is 0.497 e. The number of hydrogen-bond donors (Lipinski definition) is 0. The maximum atomic E-state index is 5.60. The summed E-state index contributed by atoms with van der Waals surface area (Å²) in [6.07, 6.45) is 9.68. The summed E-state index contributed by atoms with van der Waals surface area (Å²) >= 11 is 1.61. The third-order valence-electron chi connectivity index (χ3n) is 4.74. The first-order valence-corrected chi connectivity index (χ1v) is 10.2. The van der Waals surface area contributed by atoms with Crippen LogP contribution >= 0.6 is 11.3 Å². The molecule has 0 aliphatic heterocycles. The van der Waals surface area contributed by atoms with Gasteiger partial charge in [-0.25, -0.2) is 4.68 Å². The van der Waals surface area contributed by atoms with Crippen LogP contribution in [0.25, 0.3) is 11.5 Å². The fourth-order valence-electron chi connectivity index (χ4n) is 3.31. The Labute approximate surface area is 162 Å². The Kier molecular flexibility index (Phi) is 5.53. The van der Waals surface area contributed by atoms with Crippen molar-refractivity contribution >= 4 is 17.6 Å². The van der Waals surface area contributed by atoms with E-state index >= 15 is 0 Å². The predicted octanol–water partition coefficient (Wildman–Crippen LogP) is 4.93. The second-order valence-electron chi connectivity index (χ2n) is 6.63. The van der Waals surface area contributed by atoms with Crippen molar-refractivity contribution < 1.29 is 9.15 Å². The molecule has 2 aromatic heterocycles. The summed E-state index contributed by atoms with van der Waals surface area (Å²) in [6, 6.07) is 12.1. The molecule has 4 rings (SSSR count). The minimum Gasteiger partial charge on any atom is -0.497 e. The standard InChI is InChI=1S/C21H23N3O2S/c1-25-18-10-5-7-16(13-18)14-22-24-19(20-11-6-12-26-20)15-27-21(24)23-17-8-3-2-4-9-17/h5-7,10-15,17H,2-4,8-9H2,1H3. The van der Waals surface area contributed by atoms with Crippen LogP contribution in [0, 0.1) is 0 Å². The van der Waals surface area contributed by atoms with Crippen molar-refractivity contribution in [1.29, 1.82) is 0 Å². The van der Waals surface area contributed by atoms with Gasteiger partial charge in [-0.15, -0.1) is 11.3 Å². The van der Waals surface area contributed by atoms with Crippen molar-refractivity contribution in [3.05, 3.63) is 58.4 Å². The molecule has 1 fully saturated rings. The quantitative estimate of drug-likeness (QED) is 0.588. The average Bonchev–Trinajstić information content (AvgIpc) is 3.37. The van der Waals surface area contributed by atoms with Crippen molar-refractivity contribution in [1.82, 2.24) is 4.68 Å². The summed E-state index contributed by atoms with van der Waals surface area (Å²) in [5.74, 6) is 1.60. The van der Waals surface area contributed by atoms with Gasteiger partial charge in [-0.3, -0.25) is 4.99 Å². The Balaban J connectivity index is 1.72. The van der Waals surface area contributed by atoms with E-state index in [0.717, 1.165) is 40.4 Å². The average molecular weight is 382 g/mol. The molecule has 5 nitrogen and oxygen atoms in total. The van der Waals surface area contributed by atoms with Gasteiger partial charge in [-0.2, -0.15) is 5.10 Å². The summed E-state index contributed by atoms with van der Waals surface area (Å²) in [7, 11) is 1.67. The third-order valence-corrected chi connectivity index (χ3v) is 5.57. The van der Waals surface area contributed by atoms with E-state index in [4.69, 9.17) is 19.2 Å². The van der Waals surface area contributed by atoms with Gasteiger partial charge in [0.1, 0.15) is 11.4 Å². The van der Waals surface area contributed by atoms with Crippen LogP contribution in [0.5, 0.6) is 5.75 Å². The minimum absolute atomic E-state index is 0.389. The highest BCUT2D eigenvalue weighted by atomic mass is 32.1. The van der Waals surface area contributed by atoms with Gasteiger partial charge in [0.2, 0.25) is 4.80 Å². The molecule has 0 N–H and O–H groups in total. The molecule has 1 aliphatic rings. The number of rotatable bonds is 5. The van der Waals surface area contributed by atoms with Crippen LogP contribution in [-0.2, 0) is 0 Å². The van der Waals surface area contributed by atoms with Gasteiger partial charge in [0.05, 0.1) is 25.6 Å². The molecule has 0 unspecified atom stereocenters. The number of aromatic nitrogens is 1. The topological polar surface area (TPSA) is 52.0 Å². The van der Waals surface area contributed by atoms with Crippen molar-refractivity contribution in [2.75, 3.05) is 7.11 Å². The maximum absolute atomic E-state index is 5.60. The Morgan fingerprint density at radius 3 is 2.85 bits per heavy atom. The zero-order valence-corrected chi connectivity index (χ0v) is 16.2. The SMILES string of the molecule is COc1cccc(C=Nn2c(-c3ccco3)csc2=NC2CCCCC2)c1. The van der Waals surface area contributed by atoms with Crippen LogP contribution < -0.4 is 9.54 Å². The van der Waals surface area contributed by atoms with Crippen LogP contribution in [0.15, 0.2) is 62.6 Å². The number of methoxy groups -OCH3 is 1. The first-order valence-electron chi connectivity index (χ1n) is 9.30. The van der Waals surface area contributed by atoms with Crippen molar-refractivity contribution in [3.63, 3.8) is 0 Å². The second-order valence-corrected chi connectivity index (χ2v) is 7.47. The molecule has 3 aromatic rings. The van der Waals surface area contributed by atoms with E-state index in [1.807, 2.05) is 47.3 Å². The fourth-order valence-corrected chi connectivity index (χ4v) is 4.20. The van der Waals surface area contributed by atoms with E-state index in [0.29, 0.717) is 6.04 Å². The molecule has 0 saturated heterocycles. The van der Waals surface area contributed by atoms with Crippen LogP contribution in [-0.4, -0.2) is 24.0 Å². The highest BCUT2D eigenvalue weighted by Gasteiger charge is 2.14. The van der Waals surface area contributed by atoms with Crippen LogP contribution in [0.4, 0.5) is 0 Å². The van der Waals surface area contributed by atoms with Gasteiger partial charge in [0.25, 0.3) is 0 Å². The molecule has 0 radical (unpaired) electrons. The second kappa shape index (κ2) is 8.39. The highest BCUT2D eigenvalue weighted by Crippen LogP contribution is 2.23. The Morgan fingerprint density at radius 1 is 1.19 bits per heavy atom. The molecule has 1 aromatic carbocycles. The lowest BCUT2D eigenvalue weighted by Crippen LogP contribution is -2.18. The zero-order chi connectivity index (χ0) is 18.5. The Bertz CT molecular complexity index is 963. The van der Waals surface area contributed by atoms with E-state index < -0.39 is 0 Å². The van der Waals surface area contributed by atoms with Gasteiger partial charge in [0, 0.05) is 5.38 Å². The van der Waals surface area contributed by atoms with Gasteiger partial charge in [0.15, 0.2) is 5.76 Å². The maximum Gasteiger partial charge on any atom is 0.206 e. The normalized spacial score (nSPS) is 16.3. The first-order chi connectivity index (χ1) is 13.3. The summed E-state index contributed by atoms with van der Waals surface area (Å²) < 4.78 is 12.8. The van der Waals surface area contributed by atoms with E-state index in [2.05, 4.69) is 5.38 Å². The molecule has 2 heterocycles. The van der Waals surface area contributed by atoms with E-state index in [1.165, 1.54) is 19.3 Å². The molecule has 0 amide bonds. The van der Waals surface area contributed by atoms with Crippen molar-refractivity contribution in [2.24, 2.45) is 10.1 Å². The Morgan fingerprint density at radius 2 is 2.07 bits per heavy atom. The number of hydrogen-bond acceptors (Lipinski definition) is 5. The minimum atomic E-state index is 0.389. The number of nitrogens with zero attached hydrogens (tertiary/aromatic N) is 3. The summed E-state index contributed by atoms with van der Waals surface area (Å²) in [4.78, 5) is 5.91. The lowest BCUT2D eigenvalue weighted by molar-refractivity contribution is 0.414. The van der Waals surface area contributed by atoms with Gasteiger partial charge in [-0.1, -0.05) is 31.4 Å². The summed E-state index contributed by atoms with van der Waals surface area (Å²) in [6.45, 7) is 0. The lowest BCUT2D eigenvalue weighted by atomic mass is 9.96. The molecular weight excluding hydrogens is 358 g/mol. The molecule has 6 heteroatoms. The lowest BCUT2D eigenvalue weighted by Gasteiger charge is -2.16. The van der Waals surface area contributed by atoms with Crippen LogP contribution in [0.3, 0.4) is 0 Å². The van der Waals surface area contributed by atoms with Gasteiger partial charge < -0.3 is 9.15 Å². The van der Waals surface area contributed by atoms with E-state index in [1.54, 1.807) is 24.7 Å². The number of benzene rings is 1. The molecule has 140 valence electrons. The Hall–Kier alpha value is -2.60. The number of furan rings is 1. The molecule has 27 heavy (non-hydrogen) atoms. The fraction of sp³-hybridized carbons (Fsp3) is 0.333. The molecule has 1 aliphatic carbocycles. The third kappa shape index (κ3) is 4.22. The van der Waals surface area contributed by atoms with Crippen molar-refractivity contribution in [2.45, 2.75) is 38.1 Å². The molecule has 0 spiro atoms.